The number of amides is 1. The predicted molar refractivity (Wildman–Crippen MR) is 87.2 cm³/mol. The molecule has 0 heterocycles. The van der Waals surface area contributed by atoms with Crippen LogP contribution in [0, 0.1) is 11.6 Å². The second-order valence-corrected chi connectivity index (χ2v) is 5.57. The standard InChI is InChI=1S/C17H13F2NO2S/c18-15-6-1-13(2-7-15)5-10-17(21)20-23(22)12-11-14-3-8-16(19)9-4-14/h1-12H,(H,20,21)/b10-5+,12-11-. The molecule has 118 valence electrons. The van der Waals surface area contributed by atoms with Gasteiger partial charge in [0.05, 0.1) is 0 Å². The number of hydrogen-bond donors (Lipinski definition) is 1. The molecular weight excluding hydrogens is 320 g/mol. The topological polar surface area (TPSA) is 46.2 Å². The van der Waals surface area contributed by atoms with E-state index < -0.39 is 16.9 Å². The number of carbonyl (C=O) groups is 1. The molecule has 0 aromatic heterocycles. The fourth-order valence-electron chi connectivity index (χ4n) is 1.63. The van der Waals surface area contributed by atoms with Gasteiger partial charge in [-0.05, 0) is 47.5 Å². The summed E-state index contributed by atoms with van der Waals surface area (Å²) in [5.74, 6) is -1.27. The van der Waals surface area contributed by atoms with Gasteiger partial charge in [-0.3, -0.25) is 9.52 Å². The summed E-state index contributed by atoms with van der Waals surface area (Å²) in [6.07, 6.45) is 4.20. The molecule has 0 aliphatic rings. The van der Waals surface area contributed by atoms with Gasteiger partial charge in [0.1, 0.15) is 22.6 Å². The van der Waals surface area contributed by atoms with E-state index in [0.717, 1.165) is 0 Å². The zero-order chi connectivity index (χ0) is 16.7. The van der Waals surface area contributed by atoms with Crippen LogP contribution in [-0.2, 0) is 15.8 Å². The van der Waals surface area contributed by atoms with E-state index in [1.165, 1.54) is 72.2 Å². The van der Waals surface area contributed by atoms with Crippen LogP contribution in [0.1, 0.15) is 11.1 Å². The average molecular weight is 333 g/mol. The Morgan fingerprint density at radius 2 is 1.35 bits per heavy atom. The highest BCUT2D eigenvalue weighted by Crippen LogP contribution is 2.06. The maximum atomic E-state index is 12.7. The second-order valence-electron chi connectivity index (χ2n) is 4.50. The van der Waals surface area contributed by atoms with Crippen LogP contribution in [0.4, 0.5) is 8.78 Å². The highest BCUT2D eigenvalue weighted by atomic mass is 32.2. The molecule has 0 saturated carbocycles. The summed E-state index contributed by atoms with van der Waals surface area (Å²) >= 11 is 0. The zero-order valence-electron chi connectivity index (χ0n) is 11.9. The van der Waals surface area contributed by atoms with Crippen molar-refractivity contribution >= 4 is 29.0 Å². The fraction of sp³-hybridized carbons (Fsp3) is 0. The minimum atomic E-state index is -1.70. The predicted octanol–water partition coefficient (Wildman–Crippen LogP) is 3.43. The number of rotatable bonds is 5. The summed E-state index contributed by atoms with van der Waals surface area (Å²) in [6.45, 7) is 0. The zero-order valence-corrected chi connectivity index (χ0v) is 12.7. The van der Waals surface area contributed by atoms with Gasteiger partial charge < -0.3 is 0 Å². The highest BCUT2D eigenvalue weighted by molar-refractivity contribution is 7.86. The highest BCUT2D eigenvalue weighted by Gasteiger charge is 1.99. The van der Waals surface area contributed by atoms with Gasteiger partial charge in [0.2, 0.25) is 0 Å². The lowest BCUT2D eigenvalue weighted by Gasteiger charge is -1.97. The average Bonchev–Trinajstić information content (AvgIpc) is 2.54. The van der Waals surface area contributed by atoms with Crippen LogP contribution in [0.5, 0.6) is 0 Å². The first-order valence-electron chi connectivity index (χ1n) is 6.61. The van der Waals surface area contributed by atoms with E-state index in [4.69, 9.17) is 0 Å². The Morgan fingerprint density at radius 1 is 0.870 bits per heavy atom. The number of nitrogens with one attached hydrogen (secondary N) is 1. The molecule has 0 bridgehead atoms. The summed E-state index contributed by atoms with van der Waals surface area (Å²) in [7, 11) is -1.70. The minimum Gasteiger partial charge on any atom is -0.269 e. The molecule has 2 rings (SSSR count). The maximum absolute atomic E-state index is 12.7. The molecule has 0 aliphatic carbocycles. The van der Waals surface area contributed by atoms with Crippen LogP contribution in [0.15, 0.2) is 60.0 Å². The lowest BCUT2D eigenvalue weighted by atomic mass is 10.2. The van der Waals surface area contributed by atoms with Gasteiger partial charge in [-0.25, -0.2) is 13.0 Å². The number of benzene rings is 2. The van der Waals surface area contributed by atoms with Crippen LogP contribution >= 0.6 is 0 Å². The van der Waals surface area contributed by atoms with Gasteiger partial charge in [0.25, 0.3) is 5.91 Å². The number of hydrogen-bond acceptors (Lipinski definition) is 2. The summed E-state index contributed by atoms with van der Waals surface area (Å²) in [5, 5.41) is 1.29. The van der Waals surface area contributed by atoms with Crippen LogP contribution in [0.3, 0.4) is 0 Å². The molecule has 3 nitrogen and oxygen atoms in total. The van der Waals surface area contributed by atoms with Crippen molar-refractivity contribution in [2.45, 2.75) is 0 Å². The normalized spacial score (nSPS) is 12.6. The maximum Gasteiger partial charge on any atom is 0.255 e. The quantitative estimate of drug-likeness (QED) is 0.852. The summed E-state index contributed by atoms with van der Waals surface area (Å²) < 4.78 is 39.4. The Hall–Kier alpha value is -2.60. The first-order valence-corrected chi connectivity index (χ1v) is 7.83. The van der Waals surface area contributed by atoms with Gasteiger partial charge in [0.15, 0.2) is 0 Å². The van der Waals surface area contributed by atoms with Crippen LogP contribution in [-0.4, -0.2) is 10.1 Å². The minimum absolute atomic E-state index is 0.359. The van der Waals surface area contributed by atoms with Crippen molar-refractivity contribution in [3.05, 3.63) is 82.8 Å². The smallest absolute Gasteiger partial charge is 0.255 e. The third-order valence-corrected chi connectivity index (χ3v) is 3.54. The monoisotopic (exact) mass is 333 g/mol. The molecule has 0 fully saturated rings. The Balaban J connectivity index is 1.88. The van der Waals surface area contributed by atoms with Gasteiger partial charge in [-0.15, -0.1) is 0 Å². The van der Waals surface area contributed by atoms with Gasteiger partial charge >= 0.3 is 0 Å². The van der Waals surface area contributed by atoms with Crippen LogP contribution in [0.25, 0.3) is 12.2 Å². The van der Waals surface area contributed by atoms with E-state index in [-0.39, 0.29) is 11.6 Å². The molecule has 23 heavy (non-hydrogen) atoms. The van der Waals surface area contributed by atoms with Gasteiger partial charge in [-0.2, -0.15) is 0 Å². The van der Waals surface area contributed by atoms with E-state index in [0.29, 0.717) is 11.1 Å². The van der Waals surface area contributed by atoms with E-state index >= 15 is 0 Å². The number of halogens is 2. The number of carbonyl (C=O) groups excluding carboxylic acids is 1. The molecule has 1 unspecified atom stereocenters. The Bertz CT molecular complexity index is 688. The van der Waals surface area contributed by atoms with Crippen LogP contribution < -0.4 is 4.72 Å². The van der Waals surface area contributed by atoms with E-state index in [2.05, 4.69) is 4.72 Å². The summed E-state index contributed by atoms with van der Waals surface area (Å²) in [5.41, 5.74) is 1.31. The molecule has 2 aromatic carbocycles. The third kappa shape index (κ3) is 5.96. The largest absolute Gasteiger partial charge is 0.269 e. The molecule has 0 saturated heterocycles. The molecule has 6 heteroatoms. The molecule has 0 spiro atoms. The molecule has 1 N–H and O–H groups in total. The fourth-order valence-corrected chi connectivity index (χ4v) is 2.24. The Morgan fingerprint density at radius 3 is 1.87 bits per heavy atom. The van der Waals surface area contributed by atoms with E-state index in [1.54, 1.807) is 0 Å². The third-order valence-electron chi connectivity index (χ3n) is 2.75. The van der Waals surface area contributed by atoms with E-state index in [9.17, 15) is 17.8 Å². The van der Waals surface area contributed by atoms with E-state index in [1.807, 2.05) is 0 Å². The van der Waals surface area contributed by atoms with Crippen molar-refractivity contribution in [1.29, 1.82) is 0 Å². The van der Waals surface area contributed by atoms with Crippen molar-refractivity contribution in [1.82, 2.24) is 4.72 Å². The molecule has 2 aromatic rings. The first kappa shape index (κ1) is 16.8. The van der Waals surface area contributed by atoms with Crippen molar-refractivity contribution in [2.24, 2.45) is 0 Å². The Kier molecular flexibility index (Phi) is 5.94. The Labute approximate surface area is 134 Å². The lowest BCUT2D eigenvalue weighted by Crippen LogP contribution is -2.21. The molecular formula is C17H13F2NO2S. The van der Waals surface area contributed by atoms with Gasteiger partial charge in [-0.1, -0.05) is 24.3 Å². The SMILES string of the molecule is O=C(/C=C/c1ccc(F)cc1)NS(=O)/C=C\c1ccc(F)cc1. The summed E-state index contributed by atoms with van der Waals surface area (Å²) in [6, 6.07) is 11.2. The molecule has 0 aliphatic heterocycles. The van der Waals surface area contributed by atoms with Crippen LogP contribution in [0.2, 0.25) is 0 Å². The van der Waals surface area contributed by atoms with Crippen molar-refractivity contribution < 1.29 is 17.8 Å². The summed E-state index contributed by atoms with van der Waals surface area (Å²) in [4.78, 5) is 11.6. The molecule has 1 atom stereocenters. The van der Waals surface area contributed by atoms with Gasteiger partial charge in [0, 0.05) is 11.5 Å². The lowest BCUT2D eigenvalue weighted by molar-refractivity contribution is -0.114. The van der Waals surface area contributed by atoms with Crippen molar-refractivity contribution in [3.63, 3.8) is 0 Å². The molecule has 0 radical (unpaired) electrons. The van der Waals surface area contributed by atoms with Crippen molar-refractivity contribution in [2.75, 3.05) is 0 Å². The first-order chi connectivity index (χ1) is 11.0. The second kappa shape index (κ2) is 8.14. The van der Waals surface area contributed by atoms with Crippen molar-refractivity contribution in [3.8, 4) is 0 Å². The molecule has 1 amide bonds.